The summed E-state index contributed by atoms with van der Waals surface area (Å²) < 4.78 is 0. The highest BCUT2D eigenvalue weighted by molar-refractivity contribution is 6.34. The van der Waals surface area contributed by atoms with Crippen LogP contribution in [0.25, 0.3) is 11.3 Å². The number of carbonyl (C=O) groups is 1. The summed E-state index contributed by atoms with van der Waals surface area (Å²) >= 11 is 6.18. The SMILES string of the molecule is O=C(c1ccc(-c2ccncn2)cc1Cl)C1CC1. The molecular weight excluding hydrogens is 248 g/mol. The van der Waals surface area contributed by atoms with Gasteiger partial charge in [0.25, 0.3) is 0 Å². The Hall–Kier alpha value is -1.74. The third kappa shape index (κ3) is 2.14. The molecule has 0 N–H and O–H groups in total. The van der Waals surface area contributed by atoms with Gasteiger partial charge in [0.2, 0.25) is 0 Å². The smallest absolute Gasteiger partial charge is 0.167 e. The van der Waals surface area contributed by atoms with Crippen molar-refractivity contribution in [2.24, 2.45) is 5.92 Å². The van der Waals surface area contributed by atoms with Crippen molar-refractivity contribution in [2.45, 2.75) is 12.8 Å². The third-order valence-electron chi connectivity index (χ3n) is 3.06. The fraction of sp³-hybridized carbons (Fsp3) is 0.214. The number of carbonyl (C=O) groups excluding carboxylic acids is 1. The molecule has 1 aromatic heterocycles. The molecule has 1 fully saturated rings. The van der Waals surface area contributed by atoms with Crippen molar-refractivity contribution in [2.75, 3.05) is 0 Å². The highest BCUT2D eigenvalue weighted by Gasteiger charge is 2.31. The molecule has 90 valence electrons. The summed E-state index contributed by atoms with van der Waals surface area (Å²) in [5.41, 5.74) is 2.32. The molecule has 2 aromatic rings. The van der Waals surface area contributed by atoms with Crippen molar-refractivity contribution in [1.82, 2.24) is 9.97 Å². The number of rotatable bonds is 3. The zero-order chi connectivity index (χ0) is 12.5. The predicted molar refractivity (Wildman–Crippen MR) is 69.5 cm³/mol. The Balaban J connectivity index is 1.96. The molecule has 0 bridgehead atoms. The highest BCUT2D eigenvalue weighted by atomic mass is 35.5. The zero-order valence-corrected chi connectivity index (χ0v) is 10.4. The molecule has 1 heterocycles. The van der Waals surface area contributed by atoms with Gasteiger partial charge < -0.3 is 0 Å². The second-order valence-corrected chi connectivity index (χ2v) is 4.83. The van der Waals surface area contributed by atoms with Gasteiger partial charge in [-0.1, -0.05) is 17.7 Å². The van der Waals surface area contributed by atoms with Crippen molar-refractivity contribution in [3.8, 4) is 11.3 Å². The van der Waals surface area contributed by atoms with Gasteiger partial charge in [-0.3, -0.25) is 4.79 Å². The monoisotopic (exact) mass is 258 g/mol. The topological polar surface area (TPSA) is 42.9 Å². The lowest BCUT2D eigenvalue weighted by molar-refractivity contribution is 0.0968. The molecule has 0 aliphatic heterocycles. The van der Waals surface area contributed by atoms with Crippen LogP contribution in [0.15, 0.2) is 36.8 Å². The standard InChI is InChI=1S/C14H11ClN2O/c15-12-7-10(13-5-6-16-8-17-13)3-4-11(12)14(18)9-1-2-9/h3-9H,1-2H2. The maximum absolute atomic E-state index is 12.0. The lowest BCUT2D eigenvalue weighted by atomic mass is 10.0. The molecule has 0 atom stereocenters. The van der Waals surface area contributed by atoms with Gasteiger partial charge in [0.15, 0.2) is 5.78 Å². The molecule has 1 saturated carbocycles. The Morgan fingerprint density at radius 2 is 2.11 bits per heavy atom. The molecule has 0 radical (unpaired) electrons. The molecule has 18 heavy (non-hydrogen) atoms. The van der Waals surface area contributed by atoms with Crippen molar-refractivity contribution in [3.05, 3.63) is 47.4 Å². The Bertz CT molecular complexity index is 594. The summed E-state index contributed by atoms with van der Waals surface area (Å²) in [7, 11) is 0. The van der Waals surface area contributed by atoms with Gasteiger partial charge >= 0.3 is 0 Å². The second-order valence-electron chi connectivity index (χ2n) is 4.43. The number of hydrogen-bond acceptors (Lipinski definition) is 3. The van der Waals surface area contributed by atoms with E-state index in [1.54, 1.807) is 18.3 Å². The number of halogens is 1. The van der Waals surface area contributed by atoms with Crippen LogP contribution in [0.2, 0.25) is 5.02 Å². The molecule has 3 rings (SSSR count). The van der Waals surface area contributed by atoms with Crippen molar-refractivity contribution in [1.29, 1.82) is 0 Å². The quantitative estimate of drug-likeness (QED) is 0.793. The van der Waals surface area contributed by atoms with E-state index in [-0.39, 0.29) is 11.7 Å². The summed E-state index contributed by atoms with van der Waals surface area (Å²) in [5.74, 6) is 0.349. The number of ketones is 1. The van der Waals surface area contributed by atoms with Crippen molar-refractivity contribution in [3.63, 3.8) is 0 Å². The molecule has 0 spiro atoms. The predicted octanol–water partition coefficient (Wildman–Crippen LogP) is 3.39. The second kappa shape index (κ2) is 4.50. The van der Waals surface area contributed by atoms with Gasteiger partial charge in [-0.2, -0.15) is 0 Å². The maximum atomic E-state index is 12.0. The van der Waals surface area contributed by atoms with E-state index in [2.05, 4.69) is 9.97 Å². The fourth-order valence-corrected chi connectivity index (χ4v) is 2.17. The maximum Gasteiger partial charge on any atom is 0.167 e. The van der Waals surface area contributed by atoms with E-state index in [9.17, 15) is 4.79 Å². The number of benzene rings is 1. The van der Waals surface area contributed by atoms with Gasteiger partial charge in [0, 0.05) is 23.2 Å². The van der Waals surface area contributed by atoms with Gasteiger partial charge in [-0.25, -0.2) is 9.97 Å². The number of Topliss-reactive ketones (excluding diaryl/α,β-unsaturated/α-hetero) is 1. The minimum absolute atomic E-state index is 0.161. The van der Waals surface area contributed by atoms with Crippen molar-refractivity contribution >= 4 is 17.4 Å². The van der Waals surface area contributed by atoms with Crippen LogP contribution in [0, 0.1) is 5.92 Å². The van der Waals surface area contributed by atoms with Gasteiger partial charge in [0.05, 0.1) is 10.7 Å². The van der Waals surface area contributed by atoms with Crippen LogP contribution in [0.5, 0.6) is 0 Å². The molecule has 0 saturated heterocycles. The van der Waals surface area contributed by atoms with E-state index in [4.69, 9.17) is 11.6 Å². The first-order chi connectivity index (χ1) is 8.75. The van der Waals surface area contributed by atoms with Crippen LogP contribution < -0.4 is 0 Å². The summed E-state index contributed by atoms with van der Waals surface area (Å²) in [4.78, 5) is 20.0. The average Bonchev–Trinajstić information content (AvgIpc) is 3.23. The van der Waals surface area contributed by atoms with Crippen molar-refractivity contribution < 1.29 is 4.79 Å². The van der Waals surface area contributed by atoms with Crippen LogP contribution in [0.3, 0.4) is 0 Å². The first kappa shape index (κ1) is 11.4. The van der Waals surface area contributed by atoms with E-state index < -0.39 is 0 Å². The molecule has 1 aromatic carbocycles. The van der Waals surface area contributed by atoms with Gasteiger partial charge in [-0.05, 0) is 31.0 Å². The lowest BCUT2D eigenvalue weighted by Gasteiger charge is -2.05. The molecule has 1 aliphatic rings. The fourth-order valence-electron chi connectivity index (χ4n) is 1.90. The summed E-state index contributed by atoms with van der Waals surface area (Å²) in [6.07, 6.45) is 5.15. The van der Waals surface area contributed by atoms with E-state index >= 15 is 0 Å². The first-order valence-electron chi connectivity index (χ1n) is 5.86. The van der Waals surface area contributed by atoms with E-state index in [0.717, 1.165) is 24.1 Å². The molecular formula is C14H11ClN2O. The third-order valence-corrected chi connectivity index (χ3v) is 3.37. The van der Waals surface area contributed by atoms with Crippen LogP contribution in [-0.4, -0.2) is 15.8 Å². The minimum atomic E-state index is 0.161. The van der Waals surface area contributed by atoms with E-state index in [1.807, 2.05) is 12.1 Å². The zero-order valence-electron chi connectivity index (χ0n) is 9.64. The minimum Gasteiger partial charge on any atom is -0.294 e. The summed E-state index contributed by atoms with van der Waals surface area (Å²) in [6.45, 7) is 0. The Morgan fingerprint density at radius 1 is 1.28 bits per heavy atom. The van der Waals surface area contributed by atoms with Gasteiger partial charge in [-0.15, -0.1) is 0 Å². The summed E-state index contributed by atoms with van der Waals surface area (Å²) in [5, 5.41) is 0.503. The normalized spacial score (nSPS) is 14.5. The molecule has 4 heteroatoms. The Labute approximate surface area is 110 Å². The first-order valence-corrected chi connectivity index (χ1v) is 6.23. The van der Waals surface area contributed by atoms with Crippen LogP contribution in [0.4, 0.5) is 0 Å². The number of nitrogens with zero attached hydrogens (tertiary/aromatic N) is 2. The number of hydrogen-bond donors (Lipinski definition) is 0. The van der Waals surface area contributed by atoms with Crippen LogP contribution in [-0.2, 0) is 0 Å². The van der Waals surface area contributed by atoms with Crippen LogP contribution >= 0.6 is 11.6 Å². The Morgan fingerprint density at radius 3 is 2.72 bits per heavy atom. The largest absolute Gasteiger partial charge is 0.294 e. The van der Waals surface area contributed by atoms with E-state index in [1.165, 1.54) is 6.33 Å². The summed E-state index contributed by atoms with van der Waals surface area (Å²) in [6, 6.07) is 7.28. The lowest BCUT2D eigenvalue weighted by Crippen LogP contribution is -2.02. The van der Waals surface area contributed by atoms with Crippen LogP contribution in [0.1, 0.15) is 23.2 Å². The number of aromatic nitrogens is 2. The van der Waals surface area contributed by atoms with Gasteiger partial charge in [0.1, 0.15) is 6.33 Å². The highest BCUT2D eigenvalue weighted by Crippen LogP contribution is 2.35. The molecule has 0 amide bonds. The molecule has 0 unspecified atom stereocenters. The molecule has 3 nitrogen and oxygen atoms in total. The average molecular weight is 259 g/mol. The Kier molecular flexibility index (Phi) is 2.84. The molecule has 1 aliphatic carbocycles. The van der Waals surface area contributed by atoms with E-state index in [0.29, 0.717) is 10.6 Å².